The number of hydrogen-bond acceptors (Lipinski definition) is 5. The lowest BCUT2D eigenvalue weighted by molar-refractivity contribution is -0.384. The summed E-state index contributed by atoms with van der Waals surface area (Å²) in [4.78, 5) is 21.9. The van der Waals surface area contributed by atoms with Gasteiger partial charge in [-0.1, -0.05) is 6.42 Å². The zero-order valence-corrected chi connectivity index (χ0v) is 10.5. The first-order valence-electron chi connectivity index (χ1n) is 6.29. The molecule has 6 heteroatoms. The van der Waals surface area contributed by atoms with Gasteiger partial charge in [-0.15, -0.1) is 0 Å². The van der Waals surface area contributed by atoms with E-state index in [1.54, 1.807) is 0 Å². The summed E-state index contributed by atoms with van der Waals surface area (Å²) in [5, 5.41) is 10.5. The van der Waals surface area contributed by atoms with Crippen molar-refractivity contribution in [1.29, 1.82) is 0 Å². The second-order valence-corrected chi connectivity index (χ2v) is 4.70. The molecule has 2 N–H and O–H groups in total. The van der Waals surface area contributed by atoms with Crippen LogP contribution in [0.5, 0.6) is 0 Å². The molecule has 0 saturated heterocycles. The van der Waals surface area contributed by atoms with Gasteiger partial charge in [0.15, 0.2) is 0 Å². The summed E-state index contributed by atoms with van der Waals surface area (Å²) in [5.74, 6) is -0.475. The van der Waals surface area contributed by atoms with E-state index in [1.165, 1.54) is 24.3 Å². The van der Waals surface area contributed by atoms with Crippen molar-refractivity contribution in [2.45, 2.75) is 37.8 Å². The fourth-order valence-electron chi connectivity index (χ4n) is 2.20. The number of nitrogens with two attached hydrogens (primary N) is 1. The highest BCUT2D eigenvalue weighted by atomic mass is 16.6. The number of nitro benzene ring substituents is 1. The van der Waals surface area contributed by atoms with E-state index in [9.17, 15) is 14.9 Å². The highest BCUT2D eigenvalue weighted by molar-refractivity contribution is 5.89. The largest absolute Gasteiger partial charge is 0.457 e. The zero-order valence-electron chi connectivity index (χ0n) is 10.5. The SMILES string of the molecule is N[C@H]1CCCC[C@H]1OC(=O)c1ccc([N+](=O)[O-])cc1. The predicted molar refractivity (Wildman–Crippen MR) is 68.7 cm³/mol. The Labute approximate surface area is 110 Å². The van der Waals surface area contributed by atoms with Crippen molar-refractivity contribution in [3.8, 4) is 0 Å². The second kappa shape index (κ2) is 5.79. The number of nitro groups is 1. The molecule has 0 bridgehead atoms. The molecule has 2 rings (SSSR count). The van der Waals surface area contributed by atoms with Crippen molar-refractivity contribution in [1.82, 2.24) is 0 Å². The van der Waals surface area contributed by atoms with Gasteiger partial charge in [0.25, 0.3) is 5.69 Å². The van der Waals surface area contributed by atoms with Gasteiger partial charge in [0.1, 0.15) is 6.10 Å². The van der Waals surface area contributed by atoms with Gasteiger partial charge in [0, 0.05) is 18.2 Å². The van der Waals surface area contributed by atoms with Crippen molar-refractivity contribution in [3.63, 3.8) is 0 Å². The lowest BCUT2D eigenvalue weighted by Gasteiger charge is -2.28. The summed E-state index contributed by atoms with van der Waals surface area (Å²) in [7, 11) is 0. The lowest BCUT2D eigenvalue weighted by atomic mass is 9.93. The Morgan fingerprint density at radius 3 is 2.47 bits per heavy atom. The smallest absolute Gasteiger partial charge is 0.338 e. The number of carbonyl (C=O) groups excluding carboxylic acids is 1. The topological polar surface area (TPSA) is 95.5 Å². The number of esters is 1. The van der Waals surface area contributed by atoms with E-state index in [2.05, 4.69) is 0 Å². The van der Waals surface area contributed by atoms with Crippen LogP contribution in [-0.2, 0) is 4.74 Å². The van der Waals surface area contributed by atoms with Gasteiger partial charge >= 0.3 is 5.97 Å². The third kappa shape index (κ3) is 3.29. The Morgan fingerprint density at radius 1 is 1.26 bits per heavy atom. The minimum atomic E-state index is -0.508. The first-order chi connectivity index (χ1) is 9.08. The van der Waals surface area contributed by atoms with Gasteiger partial charge < -0.3 is 10.5 Å². The van der Waals surface area contributed by atoms with E-state index >= 15 is 0 Å². The number of carbonyl (C=O) groups is 1. The predicted octanol–water partition coefficient (Wildman–Crippen LogP) is 2.02. The summed E-state index contributed by atoms with van der Waals surface area (Å²) in [5.41, 5.74) is 6.16. The fourth-order valence-corrected chi connectivity index (χ4v) is 2.20. The molecule has 0 spiro atoms. The molecule has 1 saturated carbocycles. The fraction of sp³-hybridized carbons (Fsp3) is 0.462. The average molecular weight is 264 g/mol. The molecule has 1 aromatic rings. The van der Waals surface area contributed by atoms with Crippen LogP contribution in [0.4, 0.5) is 5.69 Å². The van der Waals surface area contributed by atoms with Crippen LogP contribution in [0.3, 0.4) is 0 Å². The van der Waals surface area contributed by atoms with E-state index in [-0.39, 0.29) is 17.8 Å². The van der Waals surface area contributed by atoms with E-state index in [4.69, 9.17) is 10.5 Å². The van der Waals surface area contributed by atoms with Crippen LogP contribution in [0.15, 0.2) is 24.3 Å². The van der Waals surface area contributed by atoms with Gasteiger partial charge in [-0.25, -0.2) is 4.79 Å². The molecule has 2 atom stereocenters. The molecular formula is C13H16N2O4. The minimum Gasteiger partial charge on any atom is -0.457 e. The quantitative estimate of drug-likeness (QED) is 0.512. The Morgan fingerprint density at radius 2 is 1.89 bits per heavy atom. The molecule has 1 fully saturated rings. The summed E-state index contributed by atoms with van der Waals surface area (Å²) in [6.07, 6.45) is 3.45. The number of benzene rings is 1. The van der Waals surface area contributed by atoms with Crippen LogP contribution in [0.25, 0.3) is 0 Å². The van der Waals surface area contributed by atoms with Gasteiger partial charge in [0.05, 0.1) is 10.5 Å². The molecule has 1 aliphatic carbocycles. The monoisotopic (exact) mass is 264 g/mol. The summed E-state index contributed by atoms with van der Waals surface area (Å²) in [6.45, 7) is 0. The van der Waals surface area contributed by atoms with E-state index < -0.39 is 10.9 Å². The van der Waals surface area contributed by atoms with E-state index in [0.717, 1.165) is 25.7 Å². The van der Waals surface area contributed by atoms with Crippen LogP contribution in [0.2, 0.25) is 0 Å². The maximum atomic E-state index is 11.9. The Kier molecular flexibility index (Phi) is 4.11. The summed E-state index contributed by atoms with van der Waals surface area (Å²) >= 11 is 0. The van der Waals surface area contributed by atoms with Crippen molar-refractivity contribution < 1.29 is 14.5 Å². The van der Waals surface area contributed by atoms with Crippen molar-refractivity contribution in [3.05, 3.63) is 39.9 Å². The van der Waals surface area contributed by atoms with Crippen LogP contribution in [0, 0.1) is 10.1 Å². The highest BCUT2D eigenvalue weighted by Crippen LogP contribution is 2.21. The molecule has 0 aromatic heterocycles. The number of nitrogens with zero attached hydrogens (tertiary/aromatic N) is 1. The maximum Gasteiger partial charge on any atom is 0.338 e. The molecule has 102 valence electrons. The van der Waals surface area contributed by atoms with Crippen molar-refractivity contribution >= 4 is 11.7 Å². The van der Waals surface area contributed by atoms with Gasteiger partial charge in [-0.2, -0.15) is 0 Å². The lowest BCUT2D eigenvalue weighted by Crippen LogP contribution is -2.40. The minimum absolute atomic E-state index is 0.0501. The van der Waals surface area contributed by atoms with Crippen molar-refractivity contribution in [2.75, 3.05) is 0 Å². The Hall–Kier alpha value is -1.95. The molecule has 19 heavy (non-hydrogen) atoms. The van der Waals surface area contributed by atoms with Crippen molar-refractivity contribution in [2.24, 2.45) is 5.73 Å². The average Bonchev–Trinajstić information content (AvgIpc) is 2.41. The third-order valence-corrected chi connectivity index (χ3v) is 3.33. The third-order valence-electron chi connectivity index (χ3n) is 3.33. The molecular weight excluding hydrogens is 248 g/mol. The molecule has 0 amide bonds. The molecule has 0 heterocycles. The summed E-state index contributed by atoms with van der Waals surface area (Å²) in [6, 6.07) is 5.26. The number of hydrogen-bond donors (Lipinski definition) is 1. The molecule has 0 unspecified atom stereocenters. The molecule has 0 radical (unpaired) electrons. The van der Waals surface area contributed by atoms with Gasteiger partial charge in [0.2, 0.25) is 0 Å². The Bertz CT molecular complexity index is 472. The first kappa shape index (κ1) is 13.5. The highest BCUT2D eigenvalue weighted by Gasteiger charge is 2.25. The second-order valence-electron chi connectivity index (χ2n) is 4.70. The van der Waals surface area contributed by atoms with Gasteiger partial charge in [-0.3, -0.25) is 10.1 Å². The first-order valence-corrected chi connectivity index (χ1v) is 6.29. The van der Waals surface area contributed by atoms with Gasteiger partial charge in [-0.05, 0) is 31.4 Å². The molecule has 1 aliphatic rings. The van der Waals surface area contributed by atoms with Crippen LogP contribution >= 0.6 is 0 Å². The number of ether oxygens (including phenoxy) is 1. The maximum absolute atomic E-state index is 11.9. The zero-order chi connectivity index (χ0) is 13.8. The summed E-state index contributed by atoms with van der Waals surface area (Å²) < 4.78 is 5.36. The van der Waals surface area contributed by atoms with Crippen LogP contribution < -0.4 is 5.73 Å². The molecule has 6 nitrogen and oxygen atoms in total. The van der Waals surface area contributed by atoms with Crippen LogP contribution in [0.1, 0.15) is 36.0 Å². The normalized spacial score (nSPS) is 22.8. The standard InChI is InChI=1S/C13H16N2O4/c14-11-3-1-2-4-12(11)19-13(16)9-5-7-10(8-6-9)15(17)18/h5-8,11-12H,1-4,14H2/t11-,12+/m0/s1. The molecule has 0 aliphatic heterocycles. The molecule has 1 aromatic carbocycles. The Balaban J connectivity index is 2.01. The van der Waals surface area contributed by atoms with E-state index in [1.807, 2.05) is 0 Å². The van der Waals surface area contributed by atoms with Crippen LogP contribution in [-0.4, -0.2) is 23.0 Å². The van der Waals surface area contributed by atoms with E-state index in [0.29, 0.717) is 5.56 Å². The number of rotatable bonds is 3. The number of non-ortho nitro benzene ring substituents is 1.